The van der Waals surface area contributed by atoms with Crippen LogP contribution in [-0.4, -0.2) is 4.57 Å². The summed E-state index contributed by atoms with van der Waals surface area (Å²) in [6.45, 7) is 0. The van der Waals surface area contributed by atoms with Crippen molar-refractivity contribution in [2.75, 3.05) is 0 Å². The minimum atomic E-state index is -0.821. The zero-order chi connectivity index (χ0) is 34.7. The highest BCUT2D eigenvalue weighted by Gasteiger charge is 2.51. The van der Waals surface area contributed by atoms with Gasteiger partial charge in [-0.1, -0.05) is 170 Å². The Bertz CT molecular complexity index is 3140. The number of rotatable bonds is 2. The quantitative estimate of drug-likeness (QED) is 0.126. The molecule has 0 N–H and O–H groups in total. The van der Waals surface area contributed by atoms with Gasteiger partial charge < -0.3 is 4.57 Å². The van der Waals surface area contributed by atoms with Crippen LogP contribution in [0.3, 0.4) is 0 Å². The zero-order valence-corrected chi connectivity index (χ0v) is 29.8. The number of hydrogen-bond donors (Lipinski definition) is 0. The molecule has 2 atom stereocenters. The molecule has 3 heterocycles. The summed E-state index contributed by atoms with van der Waals surface area (Å²) in [5.41, 5.74) is 11.2. The van der Waals surface area contributed by atoms with Gasteiger partial charge in [0, 0.05) is 10.8 Å². The molecule has 0 radical (unpaired) electrons. The third-order valence-electron chi connectivity index (χ3n) is 11.9. The van der Waals surface area contributed by atoms with Gasteiger partial charge >= 0.3 is 0 Å². The van der Waals surface area contributed by atoms with Crippen molar-refractivity contribution in [3.63, 3.8) is 0 Å². The van der Waals surface area contributed by atoms with Gasteiger partial charge in [0.05, 0.1) is 22.1 Å². The smallest absolute Gasteiger partial charge is 0.0755 e. The van der Waals surface area contributed by atoms with E-state index in [0.29, 0.717) is 0 Å². The van der Waals surface area contributed by atoms with Gasteiger partial charge in [-0.2, -0.15) is 0 Å². The van der Waals surface area contributed by atoms with Crippen LogP contribution in [0.15, 0.2) is 194 Å². The Hall–Kier alpha value is -6.27. The summed E-state index contributed by atoms with van der Waals surface area (Å²) in [6, 6.07) is 73.4. The van der Waals surface area contributed by atoms with Crippen LogP contribution in [0.1, 0.15) is 22.3 Å². The molecule has 1 aromatic heterocycles. The molecule has 0 aliphatic carbocycles. The summed E-state index contributed by atoms with van der Waals surface area (Å²) in [6.07, 6.45) is 0. The third kappa shape index (κ3) is 3.85. The van der Waals surface area contributed by atoms with E-state index in [1.807, 2.05) is 0 Å². The highest BCUT2D eigenvalue weighted by Crippen LogP contribution is 2.58. The molecular weight excluding hydrogens is 658 g/mol. The van der Waals surface area contributed by atoms with Crippen LogP contribution in [0.2, 0.25) is 0 Å². The predicted octanol–water partition coefficient (Wildman–Crippen LogP) is 11.5. The molecule has 1 nitrogen and oxygen atoms in total. The maximum absolute atomic E-state index is 2.56. The van der Waals surface area contributed by atoms with Gasteiger partial charge in [-0.15, -0.1) is 0 Å². The molecule has 2 aliphatic heterocycles. The van der Waals surface area contributed by atoms with Crippen LogP contribution in [0, 0.1) is 0 Å². The molecule has 0 saturated heterocycles. The average molecular weight is 690 g/mol. The summed E-state index contributed by atoms with van der Waals surface area (Å²) in [5.74, 6) is 0. The second kappa shape index (κ2) is 10.9. The molecular formula is C51H32NP. The normalized spacial score (nSPS) is 16.9. The van der Waals surface area contributed by atoms with E-state index in [1.54, 1.807) is 0 Å². The second-order valence-electron chi connectivity index (χ2n) is 14.5. The molecule has 0 fully saturated rings. The van der Waals surface area contributed by atoms with Crippen LogP contribution >= 0.6 is 7.92 Å². The van der Waals surface area contributed by atoms with E-state index in [2.05, 4.69) is 199 Å². The number of para-hydroxylation sites is 3. The highest BCUT2D eigenvalue weighted by atomic mass is 31.1. The number of benzene rings is 9. The standard InChI is InChI=1S/C51H32NP/c1-2-14-37(15-3-1)53-48-24-11-8-20-43(48)51(42-19-7-10-23-47(42)52-46-22-9-6-17-40(46)41-18-12-21-44(51)50(41)52)45-32-35(28-30-49(45)53)34-27-29-39-36(31-34)26-25-33-13-4-5-16-38(33)39/h1-32H. The van der Waals surface area contributed by atoms with Crippen molar-refractivity contribution in [1.82, 2.24) is 4.57 Å². The minimum Gasteiger partial charge on any atom is -0.309 e. The van der Waals surface area contributed by atoms with Crippen LogP contribution in [0.4, 0.5) is 0 Å². The fraction of sp³-hybridized carbons (Fsp3) is 0.0196. The fourth-order valence-electron chi connectivity index (χ4n) is 9.80. The Kier molecular flexibility index (Phi) is 6.02. The van der Waals surface area contributed by atoms with E-state index >= 15 is 0 Å². The van der Waals surface area contributed by atoms with E-state index in [9.17, 15) is 0 Å². The van der Waals surface area contributed by atoms with Crippen LogP contribution in [0.25, 0.3) is 60.2 Å². The molecule has 2 heteroatoms. The SMILES string of the molecule is c1ccc(P2c3ccccc3C3(c4ccccc4-n4c5ccccc5c5cccc3c54)c3cc(-c4ccc5c(ccc6ccccc65)c4)ccc32)cc1. The predicted molar refractivity (Wildman–Crippen MR) is 225 cm³/mol. The number of nitrogens with zero attached hydrogens (tertiary/aromatic N) is 1. The van der Waals surface area contributed by atoms with Crippen molar-refractivity contribution in [2.45, 2.75) is 5.41 Å². The molecule has 0 bridgehead atoms. The van der Waals surface area contributed by atoms with Crippen molar-refractivity contribution in [2.24, 2.45) is 0 Å². The second-order valence-corrected chi connectivity index (χ2v) is 16.6. The molecule has 2 aliphatic rings. The summed E-state index contributed by atoms with van der Waals surface area (Å²) < 4.78 is 2.54. The lowest BCUT2D eigenvalue weighted by Crippen LogP contribution is -2.47. The molecule has 12 rings (SSSR count). The first-order valence-corrected chi connectivity index (χ1v) is 19.8. The minimum absolute atomic E-state index is 0.525. The summed E-state index contributed by atoms with van der Waals surface area (Å²) in [7, 11) is -0.821. The summed E-state index contributed by atoms with van der Waals surface area (Å²) in [5, 5.41) is 12.0. The first kappa shape index (κ1) is 29.3. The largest absolute Gasteiger partial charge is 0.309 e. The van der Waals surface area contributed by atoms with E-state index in [0.717, 1.165) is 0 Å². The summed E-state index contributed by atoms with van der Waals surface area (Å²) in [4.78, 5) is 0. The van der Waals surface area contributed by atoms with Crippen molar-refractivity contribution >= 4 is 67.2 Å². The lowest BCUT2D eigenvalue weighted by Gasteiger charge is -2.48. The Morgan fingerprint density at radius 3 is 1.94 bits per heavy atom. The zero-order valence-electron chi connectivity index (χ0n) is 28.9. The lowest BCUT2D eigenvalue weighted by atomic mass is 9.62. The van der Waals surface area contributed by atoms with Gasteiger partial charge in [0.2, 0.25) is 0 Å². The Morgan fingerprint density at radius 1 is 0.377 bits per heavy atom. The van der Waals surface area contributed by atoms with Crippen molar-refractivity contribution < 1.29 is 0 Å². The third-order valence-corrected chi connectivity index (χ3v) is 14.5. The molecule has 10 aromatic rings. The van der Waals surface area contributed by atoms with E-state index in [1.165, 1.54) is 98.3 Å². The first-order valence-electron chi connectivity index (χ1n) is 18.4. The van der Waals surface area contributed by atoms with Gasteiger partial charge in [-0.25, -0.2) is 0 Å². The monoisotopic (exact) mass is 689 g/mol. The fourth-order valence-corrected chi connectivity index (χ4v) is 12.5. The molecule has 9 aromatic carbocycles. The molecule has 246 valence electrons. The van der Waals surface area contributed by atoms with E-state index in [4.69, 9.17) is 0 Å². The van der Waals surface area contributed by atoms with Crippen LogP contribution < -0.4 is 15.9 Å². The van der Waals surface area contributed by atoms with Gasteiger partial charge in [0.15, 0.2) is 0 Å². The van der Waals surface area contributed by atoms with Gasteiger partial charge in [-0.3, -0.25) is 0 Å². The number of hydrogen-bond acceptors (Lipinski definition) is 0. The molecule has 53 heavy (non-hydrogen) atoms. The maximum Gasteiger partial charge on any atom is 0.0755 e. The van der Waals surface area contributed by atoms with Crippen molar-refractivity contribution in [3.8, 4) is 16.8 Å². The number of fused-ring (bicyclic) bond motifs is 14. The van der Waals surface area contributed by atoms with Crippen molar-refractivity contribution in [3.05, 3.63) is 216 Å². The molecule has 1 spiro atoms. The Balaban J connectivity index is 1.22. The Morgan fingerprint density at radius 2 is 1.02 bits per heavy atom. The van der Waals surface area contributed by atoms with E-state index in [-0.39, 0.29) is 0 Å². The van der Waals surface area contributed by atoms with E-state index < -0.39 is 13.3 Å². The lowest BCUT2D eigenvalue weighted by molar-refractivity contribution is 0.735. The van der Waals surface area contributed by atoms with Crippen molar-refractivity contribution in [1.29, 1.82) is 0 Å². The van der Waals surface area contributed by atoms with Gasteiger partial charge in [0.1, 0.15) is 0 Å². The van der Waals surface area contributed by atoms with Gasteiger partial charge in [0.25, 0.3) is 0 Å². The topological polar surface area (TPSA) is 4.93 Å². The average Bonchev–Trinajstić information content (AvgIpc) is 3.57. The Labute approximate surface area is 309 Å². The number of aromatic nitrogens is 1. The maximum atomic E-state index is 2.56. The molecule has 2 unspecified atom stereocenters. The molecule has 0 saturated carbocycles. The highest BCUT2D eigenvalue weighted by molar-refractivity contribution is 7.80. The first-order chi connectivity index (χ1) is 26.3. The van der Waals surface area contributed by atoms with Crippen LogP contribution in [-0.2, 0) is 5.41 Å². The van der Waals surface area contributed by atoms with Crippen LogP contribution in [0.5, 0.6) is 0 Å². The van der Waals surface area contributed by atoms with Gasteiger partial charge in [-0.05, 0) is 103 Å². The summed E-state index contributed by atoms with van der Waals surface area (Å²) >= 11 is 0. The molecule has 0 amide bonds.